The maximum absolute atomic E-state index is 11.3. The average Bonchev–Trinajstić information content (AvgIpc) is 2.53. The normalized spacial score (nSPS) is 20.2. The van der Waals surface area contributed by atoms with Crippen molar-refractivity contribution < 1.29 is 19.1 Å². The van der Waals surface area contributed by atoms with Gasteiger partial charge in [0.1, 0.15) is 0 Å². The highest BCUT2D eigenvalue weighted by molar-refractivity contribution is 5.89. The van der Waals surface area contributed by atoms with E-state index in [1.54, 1.807) is 48.7 Å². The quantitative estimate of drug-likeness (QED) is 0.651. The zero-order valence-electron chi connectivity index (χ0n) is 11.0. The minimum Gasteiger partial charge on any atom is -0.465 e. The van der Waals surface area contributed by atoms with Gasteiger partial charge in [-0.25, -0.2) is 4.79 Å². The first-order chi connectivity index (χ1) is 9.69. The van der Waals surface area contributed by atoms with Crippen molar-refractivity contribution in [3.05, 3.63) is 59.8 Å². The van der Waals surface area contributed by atoms with Crippen LogP contribution in [0.2, 0.25) is 0 Å². The molecule has 1 atom stereocenters. The number of hydrogen-bond acceptors (Lipinski definition) is 5. The largest absolute Gasteiger partial charge is 0.465 e. The molecule has 20 heavy (non-hydrogen) atoms. The maximum atomic E-state index is 11.3. The van der Waals surface area contributed by atoms with Crippen molar-refractivity contribution in [2.45, 2.75) is 12.3 Å². The van der Waals surface area contributed by atoms with Gasteiger partial charge in [-0.05, 0) is 36.0 Å². The second kappa shape index (κ2) is 6.16. The zero-order chi connectivity index (χ0) is 14.4. The second-order valence-corrected chi connectivity index (χ2v) is 4.25. The molecule has 0 aliphatic carbocycles. The van der Waals surface area contributed by atoms with E-state index in [9.17, 15) is 9.59 Å². The lowest BCUT2D eigenvalue weighted by Gasteiger charge is -2.27. The molecular formula is C15H15NO4. The van der Waals surface area contributed by atoms with Crippen LogP contribution < -0.4 is 5.32 Å². The lowest BCUT2D eigenvalue weighted by Crippen LogP contribution is -2.45. The van der Waals surface area contributed by atoms with Crippen molar-refractivity contribution in [1.82, 2.24) is 5.32 Å². The fourth-order valence-corrected chi connectivity index (χ4v) is 1.74. The summed E-state index contributed by atoms with van der Waals surface area (Å²) in [6, 6.07) is 6.82. The Hall–Kier alpha value is -2.40. The maximum Gasteiger partial charge on any atom is 0.337 e. The molecule has 1 aromatic carbocycles. The number of rotatable bonds is 5. The van der Waals surface area contributed by atoms with Crippen LogP contribution in [-0.2, 0) is 20.9 Å². The number of hydrogen-bond donors (Lipinski definition) is 1. The van der Waals surface area contributed by atoms with E-state index in [4.69, 9.17) is 4.74 Å². The van der Waals surface area contributed by atoms with Gasteiger partial charge in [-0.1, -0.05) is 18.2 Å². The summed E-state index contributed by atoms with van der Waals surface area (Å²) >= 11 is 0. The molecule has 104 valence electrons. The van der Waals surface area contributed by atoms with Gasteiger partial charge in [0, 0.05) is 0 Å². The van der Waals surface area contributed by atoms with E-state index in [1.165, 1.54) is 7.11 Å². The van der Waals surface area contributed by atoms with Crippen LogP contribution in [0, 0.1) is 0 Å². The second-order valence-electron chi connectivity index (χ2n) is 4.25. The number of allylic oxidation sites excluding steroid dienone is 2. The van der Waals surface area contributed by atoms with Gasteiger partial charge in [0.05, 0.1) is 19.3 Å². The first-order valence-electron chi connectivity index (χ1n) is 6.09. The third kappa shape index (κ3) is 3.13. The van der Waals surface area contributed by atoms with Crippen molar-refractivity contribution in [1.29, 1.82) is 0 Å². The molecule has 1 unspecified atom stereocenters. The van der Waals surface area contributed by atoms with Crippen LogP contribution in [0.4, 0.5) is 0 Å². The first-order valence-corrected chi connectivity index (χ1v) is 6.09. The standard InChI is InChI=1S/C15H15NO4/c1-19-14(18)13-6-4-12(5-7-13)10-20-15(11-17)8-2-3-9-16-15/h2-9,11,16H,10H2,1H3. The number of aldehydes is 1. The average molecular weight is 273 g/mol. The van der Waals surface area contributed by atoms with Crippen LogP contribution in [0.5, 0.6) is 0 Å². The Balaban J connectivity index is 2.00. The predicted octanol–water partition coefficient (Wildman–Crippen LogP) is 1.56. The monoisotopic (exact) mass is 273 g/mol. The fraction of sp³-hybridized carbons (Fsp3) is 0.200. The van der Waals surface area contributed by atoms with Gasteiger partial charge in [0.25, 0.3) is 0 Å². The summed E-state index contributed by atoms with van der Waals surface area (Å²) < 4.78 is 10.2. The zero-order valence-corrected chi connectivity index (χ0v) is 11.0. The number of methoxy groups -OCH3 is 1. The molecule has 0 aromatic heterocycles. The summed E-state index contributed by atoms with van der Waals surface area (Å²) in [6.07, 6.45) is 7.51. The number of nitrogens with one attached hydrogen (secondary N) is 1. The lowest BCUT2D eigenvalue weighted by atomic mass is 10.1. The molecule has 1 heterocycles. The molecule has 1 N–H and O–H groups in total. The summed E-state index contributed by atoms with van der Waals surface area (Å²) in [4.78, 5) is 22.5. The summed E-state index contributed by atoms with van der Waals surface area (Å²) in [7, 11) is 1.34. The molecule has 0 saturated carbocycles. The highest BCUT2D eigenvalue weighted by Gasteiger charge is 2.26. The number of carbonyl (C=O) groups is 2. The third-order valence-corrected chi connectivity index (χ3v) is 2.89. The summed E-state index contributed by atoms with van der Waals surface area (Å²) in [5, 5.41) is 2.86. The first kappa shape index (κ1) is 14.0. The van der Waals surface area contributed by atoms with Crippen LogP contribution in [0.3, 0.4) is 0 Å². The van der Waals surface area contributed by atoms with Gasteiger partial charge in [-0.3, -0.25) is 4.79 Å². The fourth-order valence-electron chi connectivity index (χ4n) is 1.74. The lowest BCUT2D eigenvalue weighted by molar-refractivity contribution is -0.129. The van der Waals surface area contributed by atoms with E-state index in [0.717, 1.165) is 5.56 Å². The minimum absolute atomic E-state index is 0.241. The molecule has 5 heteroatoms. The Morgan fingerprint density at radius 1 is 1.30 bits per heavy atom. The molecular weight excluding hydrogens is 258 g/mol. The Morgan fingerprint density at radius 3 is 2.60 bits per heavy atom. The molecule has 0 saturated heterocycles. The van der Waals surface area contributed by atoms with Gasteiger partial charge in [0.2, 0.25) is 5.72 Å². The minimum atomic E-state index is -1.13. The highest BCUT2D eigenvalue weighted by Crippen LogP contribution is 2.14. The number of ether oxygens (including phenoxy) is 2. The van der Waals surface area contributed by atoms with Gasteiger partial charge in [0.15, 0.2) is 6.29 Å². The van der Waals surface area contributed by atoms with Crippen molar-refractivity contribution in [2.24, 2.45) is 0 Å². The Kier molecular flexibility index (Phi) is 4.32. The molecule has 1 aromatic rings. The molecule has 0 spiro atoms. The topological polar surface area (TPSA) is 64.6 Å². The molecule has 2 rings (SSSR count). The van der Waals surface area contributed by atoms with E-state index < -0.39 is 5.72 Å². The van der Waals surface area contributed by atoms with Crippen LogP contribution in [0.1, 0.15) is 15.9 Å². The van der Waals surface area contributed by atoms with E-state index in [-0.39, 0.29) is 12.6 Å². The Bertz CT molecular complexity index is 547. The summed E-state index contributed by atoms with van der Waals surface area (Å²) in [6.45, 7) is 0.241. The Morgan fingerprint density at radius 2 is 2.05 bits per heavy atom. The predicted molar refractivity (Wildman–Crippen MR) is 72.8 cm³/mol. The van der Waals surface area contributed by atoms with Crippen molar-refractivity contribution in [2.75, 3.05) is 7.11 Å². The highest BCUT2D eigenvalue weighted by atomic mass is 16.5. The van der Waals surface area contributed by atoms with Crippen LogP contribution in [0.15, 0.2) is 48.7 Å². The molecule has 1 aliphatic rings. The van der Waals surface area contributed by atoms with Crippen molar-refractivity contribution in [3.63, 3.8) is 0 Å². The van der Waals surface area contributed by atoms with E-state index in [0.29, 0.717) is 11.8 Å². The van der Waals surface area contributed by atoms with E-state index in [2.05, 4.69) is 10.1 Å². The van der Waals surface area contributed by atoms with Gasteiger partial charge < -0.3 is 14.8 Å². The van der Waals surface area contributed by atoms with Crippen LogP contribution in [0.25, 0.3) is 0 Å². The van der Waals surface area contributed by atoms with Gasteiger partial charge >= 0.3 is 5.97 Å². The molecule has 0 radical (unpaired) electrons. The van der Waals surface area contributed by atoms with Gasteiger partial charge in [-0.15, -0.1) is 0 Å². The van der Waals surface area contributed by atoms with Crippen LogP contribution in [-0.4, -0.2) is 25.1 Å². The van der Waals surface area contributed by atoms with Crippen LogP contribution >= 0.6 is 0 Å². The molecule has 0 bridgehead atoms. The summed E-state index contributed by atoms with van der Waals surface area (Å²) in [5.74, 6) is -0.385. The number of esters is 1. The molecule has 5 nitrogen and oxygen atoms in total. The molecule has 1 aliphatic heterocycles. The third-order valence-electron chi connectivity index (χ3n) is 2.89. The van der Waals surface area contributed by atoms with Crippen molar-refractivity contribution in [3.8, 4) is 0 Å². The summed E-state index contributed by atoms with van der Waals surface area (Å²) in [5.41, 5.74) is 0.194. The number of dihydropyridines is 1. The smallest absolute Gasteiger partial charge is 0.337 e. The number of benzene rings is 1. The molecule has 0 amide bonds. The SMILES string of the molecule is COC(=O)c1ccc(COC2(C=O)C=CC=CN2)cc1. The van der Waals surface area contributed by atoms with E-state index >= 15 is 0 Å². The van der Waals surface area contributed by atoms with Crippen molar-refractivity contribution >= 4 is 12.3 Å². The van der Waals surface area contributed by atoms with E-state index in [1.807, 2.05) is 0 Å². The Labute approximate surface area is 116 Å². The molecule has 0 fully saturated rings. The van der Waals surface area contributed by atoms with Gasteiger partial charge in [-0.2, -0.15) is 0 Å². The number of carbonyl (C=O) groups excluding carboxylic acids is 2.